The fourth-order valence-corrected chi connectivity index (χ4v) is 0.935. The lowest BCUT2D eigenvalue weighted by Gasteiger charge is -2.06. The van der Waals surface area contributed by atoms with Crippen LogP contribution in [0.15, 0.2) is 24.3 Å². The lowest BCUT2D eigenvalue weighted by Crippen LogP contribution is -2.16. The molecule has 14 heavy (non-hydrogen) atoms. The van der Waals surface area contributed by atoms with E-state index in [9.17, 15) is 4.79 Å². The summed E-state index contributed by atoms with van der Waals surface area (Å²) in [6.45, 7) is 1.71. The van der Waals surface area contributed by atoms with Gasteiger partial charge in [0.2, 0.25) is 0 Å². The standard InChI is InChI=1S/C10H11BrO3/c1-7(11)10(12)14-9-5-3-8(13-2)4-6-9/h3-7H,1-2H3. The molecular weight excluding hydrogens is 248 g/mol. The highest BCUT2D eigenvalue weighted by atomic mass is 79.9. The number of ether oxygens (including phenoxy) is 2. The predicted molar refractivity (Wildman–Crippen MR) is 57.0 cm³/mol. The number of methoxy groups -OCH3 is 1. The van der Waals surface area contributed by atoms with Crippen molar-refractivity contribution < 1.29 is 14.3 Å². The quantitative estimate of drug-likeness (QED) is 0.475. The van der Waals surface area contributed by atoms with Gasteiger partial charge in [-0.05, 0) is 31.2 Å². The molecule has 0 amide bonds. The van der Waals surface area contributed by atoms with Gasteiger partial charge in [-0.15, -0.1) is 0 Å². The second-order valence-electron chi connectivity index (χ2n) is 2.71. The Kier molecular flexibility index (Phi) is 3.95. The average molecular weight is 259 g/mol. The molecule has 0 heterocycles. The molecule has 0 fully saturated rings. The Morgan fingerprint density at radius 3 is 2.21 bits per heavy atom. The Labute approximate surface area is 91.1 Å². The number of rotatable bonds is 3. The van der Waals surface area contributed by atoms with E-state index in [1.807, 2.05) is 0 Å². The fourth-order valence-electron chi connectivity index (χ4n) is 0.841. The summed E-state index contributed by atoms with van der Waals surface area (Å²) >= 11 is 3.13. The normalized spacial score (nSPS) is 11.9. The molecule has 0 N–H and O–H groups in total. The smallest absolute Gasteiger partial charge is 0.324 e. The van der Waals surface area contributed by atoms with Crippen molar-refractivity contribution >= 4 is 21.9 Å². The molecule has 0 aliphatic rings. The van der Waals surface area contributed by atoms with Crippen molar-refractivity contribution in [2.75, 3.05) is 7.11 Å². The second kappa shape index (κ2) is 5.00. The Bertz CT molecular complexity index is 306. The number of hydrogen-bond acceptors (Lipinski definition) is 3. The monoisotopic (exact) mass is 258 g/mol. The maximum absolute atomic E-state index is 11.2. The number of carbonyl (C=O) groups excluding carboxylic acids is 1. The van der Waals surface area contributed by atoms with E-state index in [2.05, 4.69) is 15.9 Å². The minimum Gasteiger partial charge on any atom is -0.497 e. The molecule has 0 bridgehead atoms. The van der Waals surface area contributed by atoms with Crippen LogP contribution >= 0.6 is 15.9 Å². The molecular formula is C10H11BrO3. The second-order valence-corrected chi connectivity index (χ2v) is 4.09. The van der Waals surface area contributed by atoms with Gasteiger partial charge in [0.05, 0.1) is 7.11 Å². The van der Waals surface area contributed by atoms with E-state index in [-0.39, 0.29) is 10.8 Å². The third-order valence-corrected chi connectivity index (χ3v) is 1.98. The highest BCUT2D eigenvalue weighted by molar-refractivity contribution is 9.10. The molecule has 4 heteroatoms. The number of esters is 1. The number of alkyl halides is 1. The molecule has 1 aromatic carbocycles. The fraction of sp³-hybridized carbons (Fsp3) is 0.300. The highest BCUT2D eigenvalue weighted by Crippen LogP contribution is 2.18. The van der Waals surface area contributed by atoms with E-state index < -0.39 is 0 Å². The van der Waals surface area contributed by atoms with Gasteiger partial charge >= 0.3 is 5.97 Å². The Balaban J connectivity index is 2.64. The van der Waals surface area contributed by atoms with Gasteiger partial charge in [0.25, 0.3) is 0 Å². The molecule has 3 nitrogen and oxygen atoms in total. The van der Waals surface area contributed by atoms with Crippen LogP contribution in [0.2, 0.25) is 0 Å². The molecule has 0 saturated carbocycles. The first-order chi connectivity index (χ1) is 6.63. The van der Waals surface area contributed by atoms with Gasteiger partial charge in [-0.3, -0.25) is 4.79 Å². The number of hydrogen-bond donors (Lipinski definition) is 0. The molecule has 0 spiro atoms. The summed E-state index contributed by atoms with van der Waals surface area (Å²) in [6.07, 6.45) is 0. The summed E-state index contributed by atoms with van der Waals surface area (Å²) < 4.78 is 10.0. The van der Waals surface area contributed by atoms with Crippen LogP contribution in [0.4, 0.5) is 0 Å². The van der Waals surface area contributed by atoms with E-state index in [4.69, 9.17) is 9.47 Å². The summed E-state index contributed by atoms with van der Waals surface area (Å²) in [7, 11) is 1.58. The largest absolute Gasteiger partial charge is 0.497 e. The van der Waals surface area contributed by atoms with Crippen molar-refractivity contribution in [3.63, 3.8) is 0 Å². The molecule has 1 aromatic rings. The van der Waals surface area contributed by atoms with Gasteiger partial charge in [-0.2, -0.15) is 0 Å². The van der Waals surface area contributed by atoms with Crippen LogP contribution < -0.4 is 9.47 Å². The summed E-state index contributed by atoms with van der Waals surface area (Å²) in [5, 5.41) is 0. The van der Waals surface area contributed by atoms with Gasteiger partial charge in [-0.1, -0.05) is 15.9 Å². The molecule has 0 radical (unpaired) electrons. The van der Waals surface area contributed by atoms with Crippen LogP contribution in [0.1, 0.15) is 6.92 Å². The lowest BCUT2D eigenvalue weighted by molar-refractivity contribution is -0.133. The topological polar surface area (TPSA) is 35.5 Å². The van der Waals surface area contributed by atoms with E-state index in [1.54, 1.807) is 38.3 Å². The van der Waals surface area contributed by atoms with Gasteiger partial charge < -0.3 is 9.47 Å². The maximum Gasteiger partial charge on any atom is 0.324 e. The summed E-state index contributed by atoms with van der Waals surface area (Å²) in [5.41, 5.74) is 0. The zero-order chi connectivity index (χ0) is 10.6. The highest BCUT2D eigenvalue weighted by Gasteiger charge is 2.10. The van der Waals surface area contributed by atoms with Crippen molar-refractivity contribution in [2.24, 2.45) is 0 Å². The molecule has 1 unspecified atom stereocenters. The number of benzene rings is 1. The third-order valence-electron chi connectivity index (χ3n) is 1.60. The predicted octanol–water partition coefficient (Wildman–Crippen LogP) is 2.38. The van der Waals surface area contributed by atoms with Crippen molar-refractivity contribution in [1.29, 1.82) is 0 Å². The van der Waals surface area contributed by atoms with Gasteiger partial charge in [0.15, 0.2) is 0 Å². The van der Waals surface area contributed by atoms with Crippen LogP contribution in [-0.2, 0) is 4.79 Å². The summed E-state index contributed by atoms with van der Waals surface area (Å²) in [5.74, 6) is 0.939. The molecule has 1 atom stereocenters. The number of carbonyl (C=O) groups is 1. The van der Waals surface area contributed by atoms with Crippen LogP contribution in [0.3, 0.4) is 0 Å². The molecule has 0 aliphatic heterocycles. The van der Waals surface area contributed by atoms with E-state index >= 15 is 0 Å². The van der Waals surface area contributed by atoms with Crippen LogP contribution in [0.25, 0.3) is 0 Å². The van der Waals surface area contributed by atoms with Crippen LogP contribution in [-0.4, -0.2) is 17.9 Å². The maximum atomic E-state index is 11.2. The lowest BCUT2D eigenvalue weighted by atomic mass is 10.3. The molecule has 1 rings (SSSR count). The number of halogens is 1. The van der Waals surface area contributed by atoms with Gasteiger partial charge in [-0.25, -0.2) is 0 Å². The molecule has 0 aliphatic carbocycles. The van der Waals surface area contributed by atoms with Gasteiger partial charge in [0, 0.05) is 0 Å². The Morgan fingerprint density at radius 2 is 1.79 bits per heavy atom. The zero-order valence-corrected chi connectivity index (χ0v) is 9.58. The summed E-state index contributed by atoms with van der Waals surface area (Å²) in [4.78, 5) is 10.9. The van der Waals surface area contributed by atoms with Crippen LogP contribution in [0, 0.1) is 0 Å². The van der Waals surface area contributed by atoms with Crippen LogP contribution in [0.5, 0.6) is 11.5 Å². The van der Waals surface area contributed by atoms with Crippen molar-refractivity contribution in [1.82, 2.24) is 0 Å². The average Bonchev–Trinajstić information content (AvgIpc) is 2.19. The summed E-state index contributed by atoms with van der Waals surface area (Å²) in [6, 6.07) is 6.85. The van der Waals surface area contributed by atoms with E-state index in [0.29, 0.717) is 5.75 Å². The van der Waals surface area contributed by atoms with E-state index in [1.165, 1.54) is 0 Å². The SMILES string of the molecule is COc1ccc(OC(=O)C(C)Br)cc1. The first kappa shape index (κ1) is 11.0. The van der Waals surface area contributed by atoms with Crippen molar-refractivity contribution in [2.45, 2.75) is 11.8 Å². The third kappa shape index (κ3) is 3.03. The zero-order valence-electron chi connectivity index (χ0n) is 7.99. The van der Waals surface area contributed by atoms with Crippen molar-refractivity contribution in [3.05, 3.63) is 24.3 Å². The molecule has 76 valence electrons. The van der Waals surface area contributed by atoms with Gasteiger partial charge in [0.1, 0.15) is 16.3 Å². The minimum absolute atomic E-state index is 0.301. The molecule has 0 saturated heterocycles. The Hall–Kier alpha value is -1.03. The first-order valence-corrected chi connectivity index (χ1v) is 5.05. The Morgan fingerprint density at radius 1 is 1.29 bits per heavy atom. The first-order valence-electron chi connectivity index (χ1n) is 4.13. The molecule has 0 aromatic heterocycles. The minimum atomic E-state index is -0.310. The van der Waals surface area contributed by atoms with Crippen molar-refractivity contribution in [3.8, 4) is 11.5 Å². The van der Waals surface area contributed by atoms with E-state index in [0.717, 1.165) is 5.75 Å².